The largest absolute Gasteiger partial charge is 0.300 e. The maximum atomic E-state index is 12.9. The summed E-state index contributed by atoms with van der Waals surface area (Å²) in [4.78, 5) is 2.12. The van der Waals surface area contributed by atoms with E-state index in [1.54, 1.807) is 0 Å². The molecule has 2 fully saturated rings. The molecule has 0 spiro atoms. The van der Waals surface area contributed by atoms with Crippen molar-refractivity contribution in [2.45, 2.75) is 43.7 Å². The minimum atomic E-state index is -2.38. The summed E-state index contributed by atoms with van der Waals surface area (Å²) >= 11 is 0. The number of hydrogen-bond donors (Lipinski definition) is 0. The molecule has 0 aromatic heterocycles. The van der Waals surface area contributed by atoms with Crippen LogP contribution in [0.5, 0.6) is 0 Å². The van der Waals surface area contributed by atoms with E-state index in [9.17, 15) is 8.78 Å². The molecule has 2 aliphatic rings. The monoisotopic (exact) mass is 161 g/mol. The standard InChI is InChI=1S/C8H13F2N/c1-11-6-2-3-7(11)5-8(9,10)4-6/h6-7H,2-5H2,1H3/t6-,7-/m0/s1. The predicted molar refractivity (Wildman–Crippen MR) is 38.8 cm³/mol. The first-order chi connectivity index (χ1) is 5.08. The minimum absolute atomic E-state index is 0.0833. The number of hydrogen-bond acceptors (Lipinski definition) is 1. The van der Waals surface area contributed by atoms with Gasteiger partial charge >= 0.3 is 0 Å². The van der Waals surface area contributed by atoms with E-state index in [0.29, 0.717) is 0 Å². The normalized spacial score (nSPS) is 42.8. The molecule has 1 nitrogen and oxygen atoms in total. The van der Waals surface area contributed by atoms with Crippen LogP contribution in [0.3, 0.4) is 0 Å². The van der Waals surface area contributed by atoms with Gasteiger partial charge in [0.15, 0.2) is 0 Å². The van der Waals surface area contributed by atoms with Crippen molar-refractivity contribution in [2.75, 3.05) is 7.05 Å². The van der Waals surface area contributed by atoms with Crippen LogP contribution in [0.1, 0.15) is 25.7 Å². The van der Waals surface area contributed by atoms with Crippen molar-refractivity contribution in [3.05, 3.63) is 0 Å². The highest BCUT2D eigenvalue weighted by Crippen LogP contribution is 2.42. The van der Waals surface area contributed by atoms with Gasteiger partial charge in [-0.1, -0.05) is 0 Å². The van der Waals surface area contributed by atoms with E-state index in [0.717, 1.165) is 12.8 Å². The summed E-state index contributed by atoms with van der Waals surface area (Å²) in [6.07, 6.45) is 2.10. The Morgan fingerprint density at radius 2 is 1.64 bits per heavy atom. The average molecular weight is 161 g/mol. The zero-order valence-corrected chi connectivity index (χ0v) is 6.69. The van der Waals surface area contributed by atoms with Crippen molar-refractivity contribution in [2.24, 2.45) is 0 Å². The Labute approximate surface area is 65.4 Å². The average Bonchev–Trinajstić information content (AvgIpc) is 2.19. The van der Waals surface area contributed by atoms with Gasteiger partial charge in [-0.15, -0.1) is 0 Å². The highest BCUT2D eigenvalue weighted by Gasteiger charge is 2.47. The van der Waals surface area contributed by atoms with E-state index in [1.165, 1.54) is 0 Å². The van der Waals surface area contributed by atoms with Crippen LogP contribution in [0, 0.1) is 0 Å². The highest BCUT2D eigenvalue weighted by atomic mass is 19.3. The van der Waals surface area contributed by atoms with E-state index < -0.39 is 5.92 Å². The fraction of sp³-hybridized carbons (Fsp3) is 1.00. The van der Waals surface area contributed by atoms with Crippen LogP contribution in [-0.4, -0.2) is 30.0 Å². The lowest BCUT2D eigenvalue weighted by molar-refractivity contribution is -0.0763. The summed E-state index contributed by atoms with van der Waals surface area (Å²) in [6, 6.07) is 0.312. The zero-order chi connectivity index (χ0) is 8.06. The maximum absolute atomic E-state index is 12.9. The van der Waals surface area contributed by atoms with Crippen LogP contribution in [0.25, 0.3) is 0 Å². The molecule has 0 aromatic rings. The molecule has 0 saturated carbocycles. The lowest BCUT2D eigenvalue weighted by atomic mass is 10.00. The molecule has 0 amide bonds. The van der Waals surface area contributed by atoms with Crippen LogP contribution >= 0.6 is 0 Å². The summed E-state index contributed by atoms with van der Waals surface area (Å²) < 4.78 is 25.8. The number of nitrogens with zero attached hydrogens (tertiary/aromatic N) is 1. The van der Waals surface area contributed by atoms with Crippen LogP contribution < -0.4 is 0 Å². The summed E-state index contributed by atoms with van der Waals surface area (Å²) in [5.74, 6) is -2.38. The Hall–Kier alpha value is -0.180. The molecule has 0 radical (unpaired) electrons. The summed E-state index contributed by atoms with van der Waals surface area (Å²) in [6.45, 7) is 0. The topological polar surface area (TPSA) is 3.24 Å². The molecule has 2 aliphatic heterocycles. The van der Waals surface area contributed by atoms with Gasteiger partial charge in [0.2, 0.25) is 0 Å². The van der Waals surface area contributed by atoms with Gasteiger partial charge in [0.25, 0.3) is 5.92 Å². The first-order valence-electron chi connectivity index (χ1n) is 4.18. The third kappa shape index (κ3) is 1.15. The van der Waals surface area contributed by atoms with Crippen LogP contribution in [0.2, 0.25) is 0 Å². The molecule has 2 heterocycles. The van der Waals surface area contributed by atoms with Crippen molar-refractivity contribution < 1.29 is 8.78 Å². The van der Waals surface area contributed by atoms with Crippen molar-refractivity contribution in [3.8, 4) is 0 Å². The van der Waals surface area contributed by atoms with Crippen molar-refractivity contribution >= 4 is 0 Å². The lowest BCUT2D eigenvalue weighted by Gasteiger charge is -2.35. The highest BCUT2D eigenvalue weighted by molar-refractivity contribution is 4.96. The van der Waals surface area contributed by atoms with Gasteiger partial charge in [-0.3, -0.25) is 0 Å². The molecule has 2 saturated heterocycles. The molecule has 0 aliphatic carbocycles. The van der Waals surface area contributed by atoms with Gasteiger partial charge in [-0.2, -0.15) is 0 Å². The molecule has 0 aromatic carbocycles. The predicted octanol–water partition coefficient (Wildman–Crippen LogP) is 1.88. The third-order valence-electron chi connectivity index (χ3n) is 3.05. The molecular formula is C8H13F2N. The van der Waals surface area contributed by atoms with Crippen LogP contribution in [0.4, 0.5) is 8.78 Å². The smallest absolute Gasteiger partial charge is 0.251 e. The Bertz CT molecular complexity index is 153. The van der Waals surface area contributed by atoms with Crippen molar-refractivity contribution in [1.82, 2.24) is 4.90 Å². The fourth-order valence-corrected chi connectivity index (χ4v) is 2.36. The second kappa shape index (κ2) is 2.16. The number of piperidine rings is 1. The molecule has 2 atom stereocenters. The molecule has 2 bridgehead atoms. The number of alkyl halides is 2. The summed E-state index contributed by atoms with van der Waals surface area (Å²) in [5, 5.41) is 0. The zero-order valence-electron chi connectivity index (χ0n) is 6.69. The molecule has 2 rings (SSSR count). The van der Waals surface area contributed by atoms with E-state index in [2.05, 4.69) is 4.90 Å². The van der Waals surface area contributed by atoms with Gasteiger partial charge in [0.05, 0.1) is 0 Å². The first-order valence-corrected chi connectivity index (χ1v) is 4.18. The van der Waals surface area contributed by atoms with Gasteiger partial charge in [-0.05, 0) is 19.9 Å². The molecule has 3 heteroatoms. The van der Waals surface area contributed by atoms with Crippen molar-refractivity contribution in [3.63, 3.8) is 0 Å². The Morgan fingerprint density at radius 1 is 1.18 bits per heavy atom. The van der Waals surface area contributed by atoms with E-state index in [4.69, 9.17) is 0 Å². The SMILES string of the molecule is CN1[C@H]2CC[C@H]1CC(F)(F)C2. The lowest BCUT2D eigenvalue weighted by Crippen LogP contribution is -2.44. The molecule has 0 unspecified atom stereocenters. The third-order valence-corrected chi connectivity index (χ3v) is 3.05. The second-order valence-electron chi connectivity index (χ2n) is 3.81. The number of rotatable bonds is 0. The van der Waals surface area contributed by atoms with Crippen molar-refractivity contribution in [1.29, 1.82) is 0 Å². The van der Waals surface area contributed by atoms with Gasteiger partial charge in [-0.25, -0.2) is 8.78 Å². The second-order valence-corrected chi connectivity index (χ2v) is 3.81. The number of halogens is 2. The summed E-state index contributed by atoms with van der Waals surface area (Å²) in [7, 11) is 1.97. The van der Waals surface area contributed by atoms with E-state index >= 15 is 0 Å². The molecule has 11 heavy (non-hydrogen) atoms. The van der Waals surface area contributed by atoms with E-state index in [-0.39, 0.29) is 24.9 Å². The van der Waals surface area contributed by atoms with E-state index in [1.807, 2.05) is 7.05 Å². The quantitative estimate of drug-likeness (QED) is 0.524. The Morgan fingerprint density at radius 3 is 2.09 bits per heavy atom. The van der Waals surface area contributed by atoms with Gasteiger partial charge < -0.3 is 4.90 Å². The Kier molecular flexibility index (Phi) is 1.46. The van der Waals surface area contributed by atoms with Crippen LogP contribution in [0.15, 0.2) is 0 Å². The maximum Gasteiger partial charge on any atom is 0.251 e. The summed E-state index contributed by atoms with van der Waals surface area (Å²) in [5.41, 5.74) is 0. The fourth-order valence-electron chi connectivity index (χ4n) is 2.36. The molecular weight excluding hydrogens is 148 g/mol. The number of fused-ring (bicyclic) bond motifs is 2. The molecule has 64 valence electrons. The Balaban J connectivity index is 2.14. The van der Waals surface area contributed by atoms with Crippen LogP contribution in [-0.2, 0) is 0 Å². The first kappa shape index (κ1) is 7.47. The minimum Gasteiger partial charge on any atom is -0.300 e. The van der Waals surface area contributed by atoms with Gasteiger partial charge in [0, 0.05) is 24.9 Å². The van der Waals surface area contributed by atoms with Gasteiger partial charge in [0.1, 0.15) is 0 Å². The molecule has 0 N–H and O–H groups in total.